The van der Waals surface area contributed by atoms with Gasteiger partial charge >= 0.3 is 0 Å². The lowest BCUT2D eigenvalue weighted by molar-refractivity contribution is 0.586. The molecule has 0 aliphatic rings. The third-order valence-corrected chi connectivity index (χ3v) is 3.30. The minimum atomic E-state index is -3.13. The minimum absolute atomic E-state index is 0.301. The van der Waals surface area contributed by atoms with Gasteiger partial charge in [0.2, 0.25) is 10.0 Å². The van der Waals surface area contributed by atoms with Crippen molar-refractivity contribution in [2.24, 2.45) is 0 Å². The third kappa shape index (κ3) is 1.94. The summed E-state index contributed by atoms with van der Waals surface area (Å²) in [6, 6.07) is 0. The first kappa shape index (κ1) is 9.63. The summed E-state index contributed by atoms with van der Waals surface area (Å²) in [5.41, 5.74) is 0.896. The molecule has 0 unspecified atom stereocenters. The molecule has 14 heavy (non-hydrogen) atoms. The Morgan fingerprint density at radius 1 is 1.64 bits per heavy atom. The van der Waals surface area contributed by atoms with Gasteiger partial charge in [-0.3, -0.25) is 4.40 Å². The Hall–Kier alpha value is -0.920. The second-order valence-electron chi connectivity index (χ2n) is 2.90. The summed E-state index contributed by atoms with van der Waals surface area (Å²) in [4.78, 5) is 4.96. The van der Waals surface area contributed by atoms with E-state index in [4.69, 9.17) is 0 Å². The summed E-state index contributed by atoms with van der Waals surface area (Å²) in [7, 11) is -3.13. The van der Waals surface area contributed by atoms with E-state index in [1.807, 2.05) is 16.0 Å². The SMILES string of the molecule is CS(=O)(=O)NCc1csc2nccn12. The van der Waals surface area contributed by atoms with E-state index in [9.17, 15) is 8.42 Å². The quantitative estimate of drug-likeness (QED) is 0.834. The first-order valence-corrected chi connectivity index (χ1v) is 6.67. The van der Waals surface area contributed by atoms with E-state index in [2.05, 4.69) is 9.71 Å². The van der Waals surface area contributed by atoms with Gasteiger partial charge in [0, 0.05) is 23.5 Å². The van der Waals surface area contributed by atoms with Crippen LogP contribution in [0.15, 0.2) is 17.8 Å². The molecule has 1 N–H and O–H groups in total. The van der Waals surface area contributed by atoms with E-state index in [1.54, 1.807) is 6.20 Å². The van der Waals surface area contributed by atoms with Crippen LogP contribution in [-0.2, 0) is 16.6 Å². The smallest absolute Gasteiger partial charge is 0.209 e. The van der Waals surface area contributed by atoms with Crippen LogP contribution >= 0.6 is 11.3 Å². The monoisotopic (exact) mass is 231 g/mol. The topological polar surface area (TPSA) is 63.5 Å². The Labute approximate surface area is 85.5 Å². The number of hydrogen-bond acceptors (Lipinski definition) is 4. The predicted octanol–water partition coefficient (Wildman–Crippen LogP) is 0.445. The molecule has 0 aliphatic carbocycles. The third-order valence-electron chi connectivity index (χ3n) is 1.73. The van der Waals surface area contributed by atoms with Crippen molar-refractivity contribution in [3.63, 3.8) is 0 Å². The lowest BCUT2D eigenvalue weighted by atomic mass is 10.5. The summed E-state index contributed by atoms with van der Waals surface area (Å²) in [6.45, 7) is 0.301. The van der Waals surface area contributed by atoms with Gasteiger partial charge in [-0.05, 0) is 0 Å². The molecule has 0 atom stereocenters. The number of thiazole rings is 1. The molecular weight excluding hydrogens is 222 g/mol. The van der Waals surface area contributed by atoms with Gasteiger partial charge in [0.1, 0.15) is 0 Å². The van der Waals surface area contributed by atoms with E-state index in [-0.39, 0.29) is 0 Å². The van der Waals surface area contributed by atoms with E-state index in [0.717, 1.165) is 16.9 Å². The van der Waals surface area contributed by atoms with Crippen LogP contribution < -0.4 is 4.72 Å². The molecular formula is C7H9N3O2S2. The van der Waals surface area contributed by atoms with E-state index < -0.39 is 10.0 Å². The Morgan fingerprint density at radius 2 is 2.43 bits per heavy atom. The van der Waals surface area contributed by atoms with E-state index in [1.165, 1.54) is 11.3 Å². The van der Waals surface area contributed by atoms with Crippen molar-refractivity contribution in [3.05, 3.63) is 23.5 Å². The average molecular weight is 231 g/mol. The molecule has 0 aliphatic heterocycles. The van der Waals surface area contributed by atoms with Gasteiger partial charge in [-0.2, -0.15) is 0 Å². The molecule has 0 radical (unpaired) electrons. The van der Waals surface area contributed by atoms with Crippen molar-refractivity contribution >= 4 is 26.3 Å². The highest BCUT2D eigenvalue weighted by Crippen LogP contribution is 2.13. The van der Waals surface area contributed by atoms with Gasteiger partial charge in [0.15, 0.2) is 4.96 Å². The van der Waals surface area contributed by atoms with Crippen molar-refractivity contribution in [3.8, 4) is 0 Å². The fraction of sp³-hybridized carbons (Fsp3) is 0.286. The number of rotatable bonds is 3. The summed E-state index contributed by atoms with van der Waals surface area (Å²) in [5, 5.41) is 1.89. The minimum Gasteiger partial charge on any atom is -0.293 e. The maximum Gasteiger partial charge on any atom is 0.209 e. The van der Waals surface area contributed by atoms with Crippen LogP contribution in [0.3, 0.4) is 0 Å². The van der Waals surface area contributed by atoms with Crippen molar-refractivity contribution in [2.45, 2.75) is 6.54 Å². The second kappa shape index (κ2) is 3.34. The zero-order valence-electron chi connectivity index (χ0n) is 7.47. The molecule has 5 nitrogen and oxygen atoms in total. The zero-order chi connectivity index (χ0) is 10.2. The normalized spacial score (nSPS) is 12.4. The highest BCUT2D eigenvalue weighted by molar-refractivity contribution is 7.88. The highest BCUT2D eigenvalue weighted by atomic mass is 32.2. The fourth-order valence-corrected chi connectivity index (χ4v) is 2.37. The Morgan fingerprint density at radius 3 is 3.14 bits per heavy atom. The second-order valence-corrected chi connectivity index (χ2v) is 5.57. The van der Waals surface area contributed by atoms with Gasteiger partial charge < -0.3 is 0 Å². The van der Waals surface area contributed by atoms with Crippen LogP contribution in [0.25, 0.3) is 4.96 Å². The van der Waals surface area contributed by atoms with Crippen LogP contribution in [0.4, 0.5) is 0 Å². The predicted molar refractivity (Wildman–Crippen MR) is 54.8 cm³/mol. The molecule has 2 rings (SSSR count). The molecule has 0 aromatic carbocycles. The van der Waals surface area contributed by atoms with Gasteiger partial charge in [-0.15, -0.1) is 11.3 Å². The van der Waals surface area contributed by atoms with Gasteiger partial charge in [0.05, 0.1) is 12.8 Å². The molecule has 2 aromatic rings. The van der Waals surface area contributed by atoms with Crippen LogP contribution in [0.5, 0.6) is 0 Å². The summed E-state index contributed by atoms with van der Waals surface area (Å²) >= 11 is 1.49. The number of nitrogens with one attached hydrogen (secondary N) is 1. The van der Waals surface area contributed by atoms with Crippen LogP contribution in [-0.4, -0.2) is 24.1 Å². The number of hydrogen-bond donors (Lipinski definition) is 1. The molecule has 0 saturated heterocycles. The summed E-state index contributed by atoms with van der Waals surface area (Å²) in [6.07, 6.45) is 4.64. The molecule has 76 valence electrons. The lowest BCUT2D eigenvalue weighted by Gasteiger charge is -2.00. The maximum atomic E-state index is 10.9. The molecule has 7 heteroatoms. The van der Waals surface area contributed by atoms with E-state index >= 15 is 0 Å². The van der Waals surface area contributed by atoms with Crippen LogP contribution in [0.2, 0.25) is 0 Å². The maximum absolute atomic E-state index is 10.9. The Balaban J connectivity index is 2.24. The highest BCUT2D eigenvalue weighted by Gasteiger charge is 2.06. The molecule has 0 saturated carbocycles. The zero-order valence-corrected chi connectivity index (χ0v) is 9.10. The standard InChI is InChI=1S/C7H9N3O2S2/c1-14(11,12)9-4-6-5-13-7-8-2-3-10(6)7/h2-3,5,9H,4H2,1H3. The first-order chi connectivity index (χ1) is 6.56. The van der Waals surface area contributed by atoms with Crippen molar-refractivity contribution in [1.29, 1.82) is 0 Å². The lowest BCUT2D eigenvalue weighted by Crippen LogP contribution is -2.21. The molecule has 0 bridgehead atoms. The number of aromatic nitrogens is 2. The van der Waals surface area contributed by atoms with Crippen LogP contribution in [0, 0.1) is 0 Å². The summed E-state index contributed by atoms with van der Waals surface area (Å²) in [5.74, 6) is 0. The Bertz CT molecular complexity index is 540. The summed E-state index contributed by atoms with van der Waals surface area (Å²) < 4.78 is 26.0. The number of imidazole rings is 1. The van der Waals surface area contributed by atoms with Gasteiger partial charge in [-0.1, -0.05) is 0 Å². The number of nitrogens with zero attached hydrogens (tertiary/aromatic N) is 2. The van der Waals surface area contributed by atoms with Gasteiger partial charge in [-0.25, -0.2) is 18.1 Å². The van der Waals surface area contributed by atoms with Crippen molar-refractivity contribution < 1.29 is 8.42 Å². The van der Waals surface area contributed by atoms with E-state index in [0.29, 0.717) is 6.54 Å². The average Bonchev–Trinajstić information content (AvgIpc) is 2.59. The largest absolute Gasteiger partial charge is 0.293 e. The van der Waals surface area contributed by atoms with Crippen LogP contribution in [0.1, 0.15) is 5.69 Å². The van der Waals surface area contributed by atoms with Gasteiger partial charge in [0.25, 0.3) is 0 Å². The Kier molecular flexibility index (Phi) is 2.30. The first-order valence-electron chi connectivity index (χ1n) is 3.90. The number of fused-ring (bicyclic) bond motifs is 1. The fourth-order valence-electron chi connectivity index (χ4n) is 1.10. The molecule has 2 heterocycles. The molecule has 2 aromatic heterocycles. The number of sulfonamides is 1. The molecule has 0 fully saturated rings. The molecule has 0 amide bonds. The van der Waals surface area contributed by atoms with Crippen molar-refractivity contribution in [1.82, 2.24) is 14.1 Å². The van der Waals surface area contributed by atoms with Crippen molar-refractivity contribution in [2.75, 3.05) is 6.26 Å². The molecule has 0 spiro atoms.